The fraction of sp³-hybridized carbons (Fsp3) is 0.278. The molecule has 25 heavy (non-hydrogen) atoms. The van der Waals surface area contributed by atoms with Crippen molar-refractivity contribution < 1.29 is 14.5 Å². The summed E-state index contributed by atoms with van der Waals surface area (Å²) in [6.45, 7) is 0.234. The van der Waals surface area contributed by atoms with E-state index in [0.717, 1.165) is 11.4 Å². The largest absolute Gasteiger partial charge is 0.487 e. The number of anilines is 2. The predicted molar refractivity (Wildman–Crippen MR) is 97.2 cm³/mol. The molecule has 0 fully saturated rings. The molecule has 132 valence electrons. The Morgan fingerprint density at radius 3 is 2.48 bits per heavy atom. The lowest BCUT2D eigenvalue weighted by Gasteiger charge is -2.13. The van der Waals surface area contributed by atoms with Gasteiger partial charge in [-0.1, -0.05) is 12.1 Å². The summed E-state index contributed by atoms with van der Waals surface area (Å²) in [7, 11) is 3.90. The maximum atomic E-state index is 11.9. The van der Waals surface area contributed by atoms with Gasteiger partial charge < -0.3 is 15.0 Å². The van der Waals surface area contributed by atoms with Crippen LogP contribution in [0.25, 0.3) is 0 Å². The van der Waals surface area contributed by atoms with Crippen molar-refractivity contribution in [1.82, 2.24) is 0 Å². The number of nitrogens with one attached hydrogen (secondary N) is 1. The fourth-order valence-electron chi connectivity index (χ4n) is 2.21. The maximum Gasteiger partial charge on any atom is 0.310 e. The molecule has 0 atom stereocenters. The Morgan fingerprint density at radius 2 is 1.84 bits per heavy atom. The second kappa shape index (κ2) is 8.68. The van der Waals surface area contributed by atoms with Crippen molar-refractivity contribution >= 4 is 23.0 Å². The van der Waals surface area contributed by atoms with Crippen molar-refractivity contribution in [3.05, 3.63) is 58.6 Å². The Balaban J connectivity index is 1.76. The predicted octanol–water partition coefficient (Wildman–Crippen LogP) is 3.46. The van der Waals surface area contributed by atoms with E-state index in [-0.39, 0.29) is 30.4 Å². The number of carbonyl (C=O) groups excluding carboxylic acids is 1. The highest BCUT2D eigenvalue weighted by Gasteiger charge is 2.13. The molecule has 0 aliphatic heterocycles. The Kier molecular flexibility index (Phi) is 6.33. The van der Waals surface area contributed by atoms with Crippen LogP contribution in [0.2, 0.25) is 0 Å². The summed E-state index contributed by atoms with van der Waals surface area (Å²) in [6, 6.07) is 13.7. The molecule has 2 rings (SSSR count). The summed E-state index contributed by atoms with van der Waals surface area (Å²) in [4.78, 5) is 24.3. The third-order valence-corrected chi connectivity index (χ3v) is 3.54. The van der Waals surface area contributed by atoms with Crippen molar-refractivity contribution in [3.63, 3.8) is 0 Å². The van der Waals surface area contributed by atoms with Crippen LogP contribution in [-0.2, 0) is 4.79 Å². The highest BCUT2D eigenvalue weighted by atomic mass is 16.6. The number of nitro benzene ring substituents is 1. The normalized spacial score (nSPS) is 10.2. The van der Waals surface area contributed by atoms with Gasteiger partial charge in [-0.15, -0.1) is 0 Å². The van der Waals surface area contributed by atoms with Crippen LogP contribution >= 0.6 is 0 Å². The minimum absolute atomic E-state index is 0.0760. The van der Waals surface area contributed by atoms with Crippen molar-refractivity contribution in [2.75, 3.05) is 30.9 Å². The molecule has 0 radical (unpaired) electrons. The van der Waals surface area contributed by atoms with Gasteiger partial charge in [-0.05, 0) is 36.8 Å². The molecule has 0 saturated carbocycles. The van der Waals surface area contributed by atoms with E-state index in [2.05, 4.69) is 5.32 Å². The van der Waals surface area contributed by atoms with Crippen molar-refractivity contribution in [1.29, 1.82) is 0 Å². The summed E-state index contributed by atoms with van der Waals surface area (Å²) in [5, 5.41) is 13.7. The molecule has 0 heterocycles. The lowest BCUT2D eigenvalue weighted by molar-refractivity contribution is -0.385. The smallest absolute Gasteiger partial charge is 0.310 e. The topological polar surface area (TPSA) is 84.7 Å². The molecule has 2 aromatic rings. The molecule has 1 N–H and O–H groups in total. The molecular weight excluding hydrogens is 322 g/mol. The van der Waals surface area contributed by atoms with Gasteiger partial charge in [0.2, 0.25) is 5.91 Å². The number of benzene rings is 2. The van der Waals surface area contributed by atoms with Crippen LogP contribution in [-0.4, -0.2) is 31.5 Å². The summed E-state index contributed by atoms with van der Waals surface area (Å²) in [5.41, 5.74) is 1.71. The van der Waals surface area contributed by atoms with Gasteiger partial charge in [0.1, 0.15) is 0 Å². The van der Waals surface area contributed by atoms with Crippen molar-refractivity contribution in [2.45, 2.75) is 12.8 Å². The molecule has 7 nitrogen and oxygen atoms in total. The average Bonchev–Trinajstić information content (AvgIpc) is 2.59. The standard InChI is InChI=1S/C18H21N3O4/c1-20(2)15-11-9-14(10-12-15)19-18(22)8-5-13-25-17-7-4-3-6-16(17)21(23)24/h3-4,6-7,9-12H,5,8,13H2,1-2H3,(H,19,22). The average molecular weight is 343 g/mol. The molecule has 0 aliphatic rings. The minimum Gasteiger partial charge on any atom is -0.487 e. The number of amides is 1. The van der Waals surface area contributed by atoms with Gasteiger partial charge in [0.05, 0.1) is 11.5 Å². The van der Waals surface area contributed by atoms with Crippen LogP contribution in [0, 0.1) is 10.1 Å². The quantitative estimate of drug-likeness (QED) is 0.451. The number of carbonyl (C=O) groups is 1. The zero-order valence-corrected chi connectivity index (χ0v) is 14.3. The van der Waals surface area contributed by atoms with Crippen molar-refractivity contribution in [2.24, 2.45) is 0 Å². The van der Waals surface area contributed by atoms with Crippen LogP contribution in [0.5, 0.6) is 5.75 Å². The van der Waals surface area contributed by atoms with Gasteiger partial charge in [-0.3, -0.25) is 14.9 Å². The minimum atomic E-state index is -0.487. The Bertz CT molecular complexity index is 729. The van der Waals surface area contributed by atoms with Crippen LogP contribution in [0.4, 0.5) is 17.1 Å². The van der Waals surface area contributed by atoms with Crippen LogP contribution in [0.1, 0.15) is 12.8 Å². The number of nitrogens with zero attached hydrogens (tertiary/aromatic N) is 2. The number of para-hydroxylation sites is 2. The van der Waals surface area contributed by atoms with E-state index < -0.39 is 4.92 Å². The first-order valence-corrected chi connectivity index (χ1v) is 7.91. The van der Waals surface area contributed by atoms with E-state index in [1.165, 1.54) is 6.07 Å². The first kappa shape index (κ1) is 18.3. The third-order valence-electron chi connectivity index (χ3n) is 3.54. The number of hydrogen-bond donors (Lipinski definition) is 1. The zero-order valence-electron chi connectivity index (χ0n) is 14.3. The van der Waals surface area contributed by atoms with Gasteiger partial charge in [0.25, 0.3) is 0 Å². The highest BCUT2D eigenvalue weighted by molar-refractivity contribution is 5.90. The summed E-state index contributed by atoms with van der Waals surface area (Å²) in [6.07, 6.45) is 0.740. The van der Waals surface area contributed by atoms with Crippen LogP contribution < -0.4 is 15.0 Å². The molecule has 0 spiro atoms. The lowest BCUT2D eigenvalue weighted by Crippen LogP contribution is -2.13. The van der Waals surface area contributed by atoms with E-state index in [4.69, 9.17) is 4.74 Å². The van der Waals surface area contributed by atoms with Gasteiger partial charge in [-0.25, -0.2) is 0 Å². The van der Waals surface area contributed by atoms with Crippen LogP contribution in [0.15, 0.2) is 48.5 Å². The molecule has 0 aromatic heterocycles. The first-order valence-electron chi connectivity index (χ1n) is 7.91. The summed E-state index contributed by atoms with van der Waals surface area (Å²) < 4.78 is 5.41. The molecule has 0 bridgehead atoms. The second-order valence-corrected chi connectivity index (χ2v) is 5.67. The van der Waals surface area contributed by atoms with Crippen LogP contribution in [0.3, 0.4) is 0 Å². The Hall–Kier alpha value is -3.09. The monoisotopic (exact) mass is 343 g/mol. The third kappa shape index (κ3) is 5.49. The molecule has 7 heteroatoms. The van der Waals surface area contributed by atoms with Gasteiger partial charge in [-0.2, -0.15) is 0 Å². The number of nitro groups is 1. The fourth-order valence-corrected chi connectivity index (χ4v) is 2.21. The van der Waals surface area contributed by atoms with Gasteiger partial charge in [0.15, 0.2) is 5.75 Å². The molecule has 1 amide bonds. The van der Waals surface area contributed by atoms with Gasteiger partial charge in [0, 0.05) is 38.0 Å². The van der Waals surface area contributed by atoms with E-state index in [9.17, 15) is 14.9 Å². The van der Waals surface area contributed by atoms with E-state index in [1.807, 2.05) is 43.3 Å². The van der Waals surface area contributed by atoms with Gasteiger partial charge >= 0.3 is 5.69 Å². The number of rotatable bonds is 8. The SMILES string of the molecule is CN(C)c1ccc(NC(=O)CCCOc2ccccc2[N+](=O)[O-])cc1. The summed E-state index contributed by atoms with van der Waals surface area (Å²) in [5.74, 6) is 0.0935. The van der Waals surface area contributed by atoms with Crippen molar-refractivity contribution in [3.8, 4) is 5.75 Å². The lowest BCUT2D eigenvalue weighted by atomic mass is 10.2. The second-order valence-electron chi connectivity index (χ2n) is 5.67. The molecular formula is C18H21N3O4. The first-order chi connectivity index (χ1) is 12.0. The van der Waals surface area contributed by atoms with E-state index in [1.54, 1.807) is 18.2 Å². The summed E-state index contributed by atoms with van der Waals surface area (Å²) >= 11 is 0. The van der Waals surface area contributed by atoms with E-state index in [0.29, 0.717) is 6.42 Å². The molecule has 0 aliphatic carbocycles. The van der Waals surface area contributed by atoms with E-state index >= 15 is 0 Å². The molecule has 0 unspecified atom stereocenters. The molecule has 0 saturated heterocycles. The number of ether oxygens (including phenoxy) is 1. The zero-order chi connectivity index (χ0) is 18.2. The molecule has 2 aromatic carbocycles. The Labute approximate surface area is 146 Å². The number of hydrogen-bond acceptors (Lipinski definition) is 5. The maximum absolute atomic E-state index is 11.9. The Morgan fingerprint density at radius 1 is 1.16 bits per heavy atom. The highest BCUT2D eigenvalue weighted by Crippen LogP contribution is 2.25.